The summed E-state index contributed by atoms with van der Waals surface area (Å²) in [4.78, 5) is 73.0. The molecule has 0 aliphatic heterocycles. The van der Waals surface area contributed by atoms with Crippen LogP contribution in [0.1, 0.15) is 415 Å². The van der Waals surface area contributed by atoms with E-state index in [0.29, 0.717) is 31.6 Å². The predicted octanol–water partition coefficient (Wildman–Crippen LogP) is 24.0. The van der Waals surface area contributed by atoms with Gasteiger partial charge in [0.15, 0.2) is 12.2 Å². The molecule has 0 radical (unpaired) electrons. The van der Waals surface area contributed by atoms with Crippen LogP contribution in [0.4, 0.5) is 0 Å². The van der Waals surface area contributed by atoms with Crippen LogP contribution in [-0.2, 0) is 65.4 Å². The van der Waals surface area contributed by atoms with E-state index in [1.165, 1.54) is 212 Å². The highest BCUT2D eigenvalue weighted by molar-refractivity contribution is 7.47. The van der Waals surface area contributed by atoms with Crippen molar-refractivity contribution in [3.05, 3.63) is 0 Å². The van der Waals surface area contributed by atoms with Crippen LogP contribution in [-0.4, -0.2) is 96.7 Å². The SMILES string of the molecule is CC(C)CCCCCCCCCCCCCCCCCCC(=O)O[C@H](COC(=O)CCCCCCCCCCCCCC(C)C)COP(=O)(O)OCC(O)COP(=O)(O)OC[C@@H](COC(=O)CCCCCCCCCC(C)C)OC(=O)CCCCCCCCCCCCCCCCC(C)C. The van der Waals surface area contributed by atoms with E-state index in [1.54, 1.807) is 0 Å². The van der Waals surface area contributed by atoms with Gasteiger partial charge in [-0.05, 0) is 49.4 Å². The highest BCUT2D eigenvalue weighted by atomic mass is 31.2. The molecule has 0 bridgehead atoms. The normalized spacial score (nSPS) is 14.0. The molecule has 0 saturated heterocycles. The number of carbonyl (C=O) groups is 4. The lowest BCUT2D eigenvalue weighted by atomic mass is 10.0. The molecule has 0 rings (SSSR count). The first kappa shape index (κ1) is 98.1. The molecule has 0 spiro atoms. The number of aliphatic hydroxyl groups is 1. The third-order valence-electron chi connectivity index (χ3n) is 18.8. The van der Waals surface area contributed by atoms with Gasteiger partial charge in [0.2, 0.25) is 0 Å². The van der Waals surface area contributed by atoms with Crippen molar-refractivity contribution in [3.63, 3.8) is 0 Å². The first-order chi connectivity index (χ1) is 48.1. The number of carbonyl (C=O) groups excluding carboxylic acids is 4. The second kappa shape index (κ2) is 70.1. The van der Waals surface area contributed by atoms with Gasteiger partial charge >= 0.3 is 39.5 Å². The summed E-state index contributed by atoms with van der Waals surface area (Å²) < 4.78 is 68.7. The summed E-state index contributed by atoms with van der Waals surface area (Å²) in [5.74, 6) is 0.966. The van der Waals surface area contributed by atoms with Gasteiger partial charge < -0.3 is 33.8 Å². The minimum absolute atomic E-state index is 0.106. The molecule has 0 aromatic carbocycles. The number of esters is 4. The summed E-state index contributed by atoms with van der Waals surface area (Å²) in [6, 6.07) is 0. The molecule has 0 aromatic heterocycles. The van der Waals surface area contributed by atoms with Gasteiger partial charge in [0.25, 0.3) is 0 Å². The fourth-order valence-electron chi connectivity index (χ4n) is 12.4. The Balaban J connectivity index is 5.24. The fraction of sp³-hybridized carbons (Fsp3) is 0.951. The lowest BCUT2D eigenvalue weighted by molar-refractivity contribution is -0.161. The van der Waals surface area contributed by atoms with Gasteiger partial charge in [-0.3, -0.25) is 37.3 Å². The molecule has 5 atom stereocenters. The second-order valence-electron chi connectivity index (χ2n) is 31.1. The van der Waals surface area contributed by atoms with E-state index in [9.17, 15) is 43.2 Å². The topological polar surface area (TPSA) is 237 Å². The molecule has 19 heteroatoms. The summed E-state index contributed by atoms with van der Waals surface area (Å²) in [6.45, 7) is 14.2. The summed E-state index contributed by atoms with van der Waals surface area (Å²) >= 11 is 0. The van der Waals surface area contributed by atoms with Crippen molar-refractivity contribution < 1.29 is 80.2 Å². The number of hydrogen-bond donors (Lipinski definition) is 3. The molecule has 0 saturated carbocycles. The molecule has 0 aliphatic rings. The molecule has 0 aliphatic carbocycles. The van der Waals surface area contributed by atoms with E-state index < -0.39 is 97.5 Å². The zero-order valence-electron chi connectivity index (χ0n) is 65.8. The third kappa shape index (κ3) is 74.3. The molecular weight excluding hydrogens is 1310 g/mol. The standard InChI is InChI=1S/C81H158O17P2/c1-71(2)57-49-41-33-26-20-15-11-9-10-12-17-23-30-38-47-55-63-80(85)97-76(67-91-78(83)61-53-45-37-29-25-19-22-28-35-43-51-59-73(5)6)69-95-99(87,88)93-65-75(82)66-94-100(89,90)96-70-77(68-92-79(84)62-54-46-40-32-36-44-52-60-74(7)8)98-81(86)64-56-48-39-31-24-18-14-13-16-21-27-34-42-50-58-72(3)4/h71-77,82H,9-70H2,1-8H3,(H,87,88)(H,89,90)/t75?,76-,77-/m1/s1. The first-order valence-corrected chi connectivity index (χ1v) is 44.7. The van der Waals surface area contributed by atoms with Crippen molar-refractivity contribution >= 4 is 39.5 Å². The van der Waals surface area contributed by atoms with Gasteiger partial charge in [-0.25, -0.2) is 9.13 Å². The summed E-state index contributed by atoms with van der Waals surface area (Å²) in [5, 5.41) is 10.6. The largest absolute Gasteiger partial charge is 0.472 e. The highest BCUT2D eigenvalue weighted by Crippen LogP contribution is 2.45. The van der Waals surface area contributed by atoms with Gasteiger partial charge in [-0.2, -0.15) is 0 Å². The Hall–Kier alpha value is -1.94. The molecule has 100 heavy (non-hydrogen) atoms. The molecule has 0 heterocycles. The molecule has 594 valence electrons. The minimum atomic E-state index is -4.96. The lowest BCUT2D eigenvalue weighted by Gasteiger charge is -2.21. The number of phosphoric ester groups is 2. The monoisotopic (exact) mass is 1470 g/mol. The Morgan fingerprint density at radius 1 is 0.250 bits per heavy atom. The van der Waals surface area contributed by atoms with Crippen LogP contribution < -0.4 is 0 Å². The quantitative estimate of drug-likeness (QED) is 0.0222. The van der Waals surface area contributed by atoms with Gasteiger partial charge in [-0.15, -0.1) is 0 Å². The van der Waals surface area contributed by atoms with Crippen LogP contribution in [0.3, 0.4) is 0 Å². The van der Waals surface area contributed by atoms with E-state index in [-0.39, 0.29) is 25.7 Å². The predicted molar refractivity (Wildman–Crippen MR) is 409 cm³/mol. The highest BCUT2D eigenvalue weighted by Gasteiger charge is 2.30. The minimum Gasteiger partial charge on any atom is -0.462 e. The summed E-state index contributed by atoms with van der Waals surface area (Å²) in [6.07, 6.45) is 56.9. The Kier molecular flexibility index (Phi) is 68.7. The Morgan fingerprint density at radius 3 is 0.620 bits per heavy atom. The van der Waals surface area contributed by atoms with Crippen LogP contribution in [0, 0.1) is 23.7 Å². The Bertz CT molecular complexity index is 1950. The number of hydrogen-bond acceptors (Lipinski definition) is 15. The molecule has 3 N–H and O–H groups in total. The second-order valence-corrected chi connectivity index (χ2v) is 34.0. The van der Waals surface area contributed by atoms with Gasteiger partial charge in [0.05, 0.1) is 26.4 Å². The maximum atomic E-state index is 13.1. The molecule has 0 amide bonds. The van der Waals surface area contributed by atoms with Crippen LogP contribution in [0.25, 0.3) is 0 Å². The number of unbranched alkanes of at least 4 members (excludes halogenated alkanes) is 44. The number of aliphatic hydroxyl groups excluding tert-OH is 1. The van der Waals surface area contributed by atoms with Crippen LogP contribution in [0.15, 0.2) is 0 Å². The number of rotatable bonds is 78. The maximum absolute atomic E-state index is 13.1. The van der Waals surface area contributed by atoms with Gasteiger partial charge in [0, 0.05) is 25.7 Å². The number of phosphoric acid groups is 2. The molecule has 17 nitrogen and oxygen atoms in total. The number of ether oxygens (including phenoxy) is 4. The van der Waals surface area contributed by atoms with Gasteiger partial charge in [-0.1, -0.05) is 364 Å². The lowest BCUT2D eigenvalue weighted by Crippen LogP contribution is -2.30. The van der Waals surface area contributed by atoms with Crippen molar-refractivity contribution in [1.29, 1.82) is 0 Å². The third-order valence-corrected chi connectivity index (χ3v) is 20.7. The van der Waals surface area contributed by atoms with E-state index in [1.807, 2.05) is 0 Å². The van der Waals surface area contributed by atoms with Crippen LogP contribution in [0.5, 0.6) is 0 Å². The fourth-order valence-corrected chi connectivity index (χ4v) is 14.0. The average Bonchev–Trinajstić information content (AvgIpc) is 0.991. The van der Waals surface area contributed by atoms with Crippen molar-refractivity contribution in [2.24, 2.45) is 23.7 Å². The molecular formula is C81H158O17P2. The molecule has 0 fully saturated rings. The molecule has 0 aromatic rings. The van der Waals surface area contributed by atoms with Crippen molar-refractivity contribution in [2.45, 2.75) is 433 Å². The Labute approximate surface area is 613 Å². The van der Waals surface area contributed by atoms with Crippen LogP contribution >= 0.6 is 15.6 Å². The smallest absolute Gasteiger partial charge is 0.462 e. The summed E-state index contributed by atoms with van der Waals surface area (Å²) in [7, 11) is -9.92. The maximum Gasteiger partial charge on any atom is 0.472 e. The van der Waals surface area contributed by atoms with Crippen molar-refractivity contribution in [2.75, 3.05) is 39.6 Å². The zero-order chi connectivity index (χ0) is 73.8. The van der Waals surface area contributed by atoms with Crippen LogP contribution in [0.2, 0.25) is 0 Å². The zero-order valence-corrected chi connectivity index (χ0v) is 67.6. The Morgan fingerprint density at radius 2 is 0.420 bits per heavy atom. The van der Waals surface area contributed by atoms with Gasteiger partial charge in [0.1, 0.15) is 19.3 Å². The van der Waals surface area contributed by atoms with E-state index in [2.05, 4.69) is 55.4 Å². The van der Waals surface area contributed by atoms with Crippen molar-refractivity contribution in [1.82, 2.24) is 0 Å². The van der Waals surface area contributed by atoms with Crippen molar-refractivity contribution in [3.8, 4) is 0 Å². The molecule has 3 unspecified atom stereocenters. The average molecular weight is 1470 g/mol. The first-order valence-electron chi connectivity index (χ1n) is 41.7. The van der Waals surface area contributed by atoms with E-state index in [4.69, 9.17) is 37.0 Å². The van der Waals surface area contributed by atoms with E-state index >= 15 is 0 Å². The summed E-state index contributed by atoms with van der Waals surface area (Å²) in [5.41, 5.74) is 0. The van der Waals surface area contributed by atoms with E-state index in [0.717, 1.165) is 114 Å².